The summed E-state index contributed by atoms with van der Waals surface area (Å²) in [6.45, 7) is 6.04. The minimum absolute atomic E-state index is 0.0690. The van der Waals surface area contributed by atoms with E-state index in [0.717, 1.165) is 35.5 Å². The number of aryl methyl sites for hydroxylation is 3. The molecule has 0 fully saturated rings. The molecule has 1 heterocycles. The van der Waals surface area contributed by atoms with Gasteiger partial charge in [0, 0.05) is 5.69 Å². The van der Waals surface area contributed by atoms with Crippen molar-refractivity contribution in [2.24, 2.45) is 0 Å². The molecular weight excluding hydrogens is 296 g/mol. The van der Waals surface area contributed by atoms with E-state index in [4.69, 9.17) is 0 Å². The number of hydrogen-bond donors (Lipinski definition) is 1. The van der Waals surface area contributed by atoms with E-state index in [9.17, 15) is 4.79 Å². The fourth-order valence-corrected chi connectivity index (χ4v) is 2.62. The molecular formula is C16H20N4OS. The summed E-state index contributed by atoms with van der Waals surface area (Å²) >= 11 is 1.31. The molecule has 2 rings (SSSR count). The number of aromatic nitrogens is 3. The Bertz CT molecular complexity index is 660. The first-order valence-corrected chi connectivity index (χ1v) is 8.33. The van der Waals surface area contributed by atoms with Gasteiger partial charge in [-0.1, -0.05) is 43.8 Å². The third kappa shape index (κ3) is 4.27. The van der Waals surface area contributed by atoms with E-state index in [1.54, 1.807) is 0 Å². The highest BCUT2D eigenvalue weighted by Crippen LogP contribution is 2.17. The van der Waals surface area contributed by atoms with Crippen molar-refractivity contribution in [1.82, 2.24) is 15.2 Å². The molecule has 0 unspecified atom stereocenters. The van der Waals surface area contributed by atoms with Gasteiger partial charge in [0.05, 0.1) is 17.1 Å². The molecule has 22 heavy (non-hydrogen) atoms. The van der Waals surface area contributed by atoms with E-state index >= 15 is 0 Å². The molecule has 0 aliphatic rings. The topological polar surface area (TPSA) is 67.8 Å². The van der Waals surface area contributed by atoms with Gasteiger partial charge in [-0.3, -0.25) is 4.79 Å². The van der Waals surface area contributed by atoms with Crippen LogP contribution < -0.4 is 5.32 Å². The molecule has 1 aromatic carbocycles. The minimum atomic E-state index is -0.0690. The molecule has 5 nitrogen and oxygen atoms in total. The van der Waals surface area contributed by atoms with Gasteiger partial charge in [0.2, 0.25) is 11.1 Å². The molecule has 1 N–H and O–H groups in total. The summed E-state index contributed by atoms with van der Waals surface area (Å²) in [5.74, 6) is 0.200. The van der Waals surface area contributed by atoms with Crippen LogP contribution in [-0.2, 0) is 17.6 Å². The quantitative estimate of drug-likeness (QED) is 0.830. The molecule has 0 spiro atoms. The summed E-state index contributed by atoms with van der Waals surface area (Å²) in [6, 6.07) is 7.70. The first kappa shape index (κ1) is 16.4. The number of nitrogens with one attached hydrogen (secondary N) is 1. The van der Waals surface area contributed by atoms with E-state index in [1.165, 1.54) is 11.8 Å². The number of nitrogens with zero attached hydrogens (tertiary/aromatic N) is 3. The molecule has 0 saturated heterocycles. The number of benzene rings is 1. The molecule has 6 heteroatoms. The smallest absolute Gasteiger partial charge is 0.234 e. The van der Waals surface area contributed by atoms with Crippen LogP contribution >= 0.6 is 11.8 Å². The Labute approximate surface area is 135 Å². The second-order valence-electron chi connectivity index (χ2n) is 4.85. The number of para-hydroxylation sites is 1. The number of anilines is 1. The summed E-state index contributed by atoms with van der Waals surface area (Å²) in [4.78, 5) is 16.5. The Morgan fingerprint density at radius 1 is 1.14 bits per heavy atom. The molecule has 0 radical (unpaired) electrons. The van der Waals surface area contributed by atoms with Crippen LogP contribution in [0.1, 0.15) is 30.8 Å². The number of carbonyl (C=O) groups excluding carboxylic acids is 1. The van der Waals surface area contributed by atoms with Gasteiger partial charge in [0.25, 0.3) is 0 Å². The Morgan fingerprint density at radius 3 is 2.55 bits per heavy atom. The van der Waals surface area contributed by atoms with Crippen molar-refractivity contribution in [3.63, 3.8) is 0 Å². The van der Waals surface area contributed by atoms with Crippen LogP contribution in [0.15, 0.2) is 29.4 Å². The third-order valence-corrected chi connectivity index (χ3v) is 4.08. The van der Waals surface area contributed by atoms with Crippen LogP contribution in [0, 0.1) is 6.92 Å². The maximum atomic E-state index is 12.0. The van der Waals surface area contributed by atoms with Crippen molar-refractivity contribution in [2.75, 3.05) is 11.1 Å². The standard InChI is InChI=1S/C16H20N4OS/c1-4-12-13(5-2)19-20-16(18-12)22-10-15(21)17-14-9-7-6-8-11(14)3/h6-9H,4-5,10H2,1-3H3,(H,17,21). The highest BCUT2D eigenvalue weighted by molar-refractivity contribution is 7.99. The summed E-state index contributed by atoms with van der Waals surface area (Å²) in [5, 5.41) is 11.7. The molecule has 0 saturated carbocycles. The molecule has 0 bridgehead atoms. The lowest BCUT2D eigenvalue weighted by Crippen LogP contribution is -2.15. The van der Waals surface area contributed by atoms with Gasteiger partial charge in [-0.05, 0) is 31.4 Å². The normalized spacial score (nSPS) is 10.5. The van der Waals surface area contributed by atoms with Gasteiger partial charge in [0.1, 0.15) is 0 Å². The molecule has 1 aromatic heterocycles. The second kappa shape index (κ2) is 7.89. The van der Waals surface area contributed by atoms with Gasteiger partial charge < -0.3 is 5.32 Å². The number of carbonyl (C=O) groups is 1. The summed E-state index contributed by atoms with van der Waals surface area (Å²) < 4.78 is 0. The van der Waals surface area contributed by atoms with Crippen molar-refractivity contribution >= 4 is 23.4 Å². The molecule has 1 amide bonds. The van der Waals surface area contributed by atoms with Crippen LogP contribution in [0.3, 0.4) is 0 Å². The van der Waals surface area contributed by atoms with Crippen molar-refractivity contribution in [3.8, 4) is 0 Å². The minimum Gasteiger partial charge on any atom is -0.325 e. The van der Waals surface area contributed by atoms with Crippen molar-refractivity contribution < 1.29 is 4.79 Å². The number of hydrogen-bond acceptors (Lipinski definition) is 5. The van der Waals surface area contributed by atoms with Crippen LogP contribution in [0.5, 0.6) is 0 Å². The zero-order valence-electron chi connectivity index (χ0n) is 13.1. The van der Waals surface area contributed by atoms with Crippen LogP contribution in [0.4, 0.5) is 5.69 Å². The van der Waals surface area contributed by atoms with E-state index in [0.29, 0.717) is 5.16 Å². The summed E-state index contributed by atoms with van der Waals surface area (Å²) in [6.07, 6.45) is 1.64. The summed E-state index contributed by atoms with van der Waals surface area (Å²) in [5.41, 5.74) is 3.76. The van der Waals surface area contributed by atoms with E-state index in [2.05, 4.69) is 20.5 Å². The van der Waals surface area contributed by atoms with Gasteiger partial charge >= 0.3 is 0 Å². The molecule has 0 aliphatic carbocycles. The molecule has 0 aliphatic heterocycles. The second-order valence-corrected chi connectivity index (χ2v) is 5.79. The SMILES string of the molecule is CCc1nnc(SCC(=O)Nc2ccccc2C)nc1CC. The number of thioether (sulfide) groups is 1. The lowest BCUT2D eigenvalue weighted by atomic mass is 10.2. The third-order valence-electron chi connectivity index (χ3n) is 3.24. The fourth-order valence-electron chi connectivity index (χ4n) is 2.01. The first-order valence-electron chi connectivity index (χ1n) is 7.34. The monoisotopic (exact) mass is 316 g/mol. The van der Waals surface area contributed by atoms with Crippen LogP contribution in [-0.4, -0.2) is 26.8 Å². The van der Waals surface area contributed by atoms with E-state index in [1.807, 2.05) is 45.0 Å². The highest BCUT2D eigenvalue weighted by Gasteiger charge is 2.10. The summed E-state index contributed by atoms with van der Waals surface area (Å²) in [7, 11) is 0. The van der Waals surface area contributed by atoms with Crippen molar-refractivity contribution in [3.05, 3.63) is 41.2 Å². The zero-order valence-corrected chi connectivity index (χ0v) is 13.9. The Morgan fingerprint density at radius 2 is 1.86 bits per heavy atom. The molecule has 116 valence electrons. The van der Waals surface area contributed by atoms with Gasteiger partial charge in [-0.2, -0.15) is 5.10 Å². The lowest BCUT2D eigenvalue weighted by molar-refractivity contribution is -0.113. The predicted molar refractivity (Wildman–Crippen MR) is 89.1 cm³/mol. The van der Waals surface area contributed by atoms with E-state index < -0.39 is 0 Å². The maximum absolute atomic E-state index is 12.0. The molecule has 2 aromatic rings. The predicted octanol–water partition coefficient (Wildman–Crippen LogP) is 3.04. The number of amides is 1. The highest BCUT2D eigenvalue weighted by atomic mass is 32.2. The van der Waals surface area contributed by atoms with Crippen molar-refractivity contribution in [1.29, 1.82) is 0 Å². The van der Waals surface area contributed by atoms with Crippen molar-refractivity contribution in [2.45, 2.75) is 38.8 Å². The Balaban J connectivity index is 1.95. The van der Waals surface area contributed by atoms with Gasteiger partial charge in [0.15, 0.2) is 0 Å². The zero-order chi connectivity index (χ0) is 15.9. The Kier molecular flexibility index (Phi) is 5.89. The van der Waals surface area contributed by atoms with E-state index in [-0.39, 0.29) is 11.7 Å². The van der Waals surface area contributed by atoms with Crippen LogP contribution in [0.25, 0.3) is 0 Å². The first-order chi connectivity index (χ1) is 10.6. The number of rotatable bonds is 6. The maximum Gasteiger partial charge on any atom is 0.234 e. The fraction of sp³-hybridized carbons (Fsp3) is 0.375. The lowest BCUT2D eigenvalue weighted by Gasteiger charge is -2.08. The van der Waals surface area contributed by atoms with Crippen LogP contribution in [0.2, 0.25) is 0 Å². The van der Waals surface area contributed by atoms with Gasteiger partial charge in [-0.25, -0.2) is 4.98 Å². The average Bonchev–Trinajstić information content (AvgIpc) is 2.54. The average molecular weight is 316 g/mol. The van der Waals surface area contributed by atoms with Gasteiger partial charge in [-0.15, -0.1) is 5.10 Å². The largest absolute Gasteiger partial charge is 0.325 e. The Hall–Kier alpha value is -1.95. The molecule has 0 atom stereocenters.